The van der Waals surface area contributed by atoms with E-state index >= 15 is 0 Å². The Hall–Kier alpha value is -2.34. The van der Waals surface area contributed by atoms with Gasteiger partial charge in [0.05, 0.1) is 4.90 Å². The van der Waals surface area contributed by atoms with Crippen molar-refractivity contribution in [1.82, 2.24) is 5.32 Å². The standard InChI is InChI=1S/C22H26N2O3S/c1-14-4-3-5-19(10-14)24-28(26,27)21-13-18(8-6-15(21)2)22(25)23-20-12-16-7-9-17(20)11-16/h3-6,8,10,13,16-17,20,24H,7,9,11-12H2,1-2H3,(H,23,25)/t16-,17-,20-/m0/s1. The van der Waals surface area contributed by atoms with Gasteiger partial charge in [-0.15, -0.1) is 0 Å². The topological polar surface area (TPSA) is 75.3 Å². The number of hydrogen-bond acceptors (Lipinski definition) is 3. The van der Waals surface area contributed by atoms with Gasteiger partial charge in [-0.25, -0.2) is 8.42 Å². The minimum Gasteiger partial charge on any atom is -0.349 e. The molecule has 3 atom stereocenters. The van der Waals surface area contributed by atoms with Crippen LogP contribution in [0.3, 0.4) is 0 Å². The van der Waals surface area contributed by atoms with Crippen LogP contribution < -0.4 is 10.0 Å². The maximum Gasteiger partial charge on any atom is 0.262 e. The summed E-state index contributed by atoms with van der Waals surface area (Å²) in [5.41, 5.74) is 2.47. The van der Waals surface area contributed by atoms with E-state index in [-0.39, 0.29) is 16.8 Å². The highest BCUT2D eigenvalue weighted by atomic mass is 32.2. The van der Waals surface area contributed by atoms with Crippen LogP contribution in [0.25, 0.3) is 0 Å². The predicted octanol–water partition coefficient (Wildman–Crippen LogP) is 4.02. The lowest BCUT2D eigenvalue weighted by atomic mass is 9.95. The molecule has 0 radical (unpaired) electrons. The molecule has 148 valence electrons. The highest BCUT2D eigenvalue weighted by Gasteiger charge is 2.40. The lowest BCUT2D eigenvalue weighted by Gasteiger charge is -2.23. The van der Waals surface area contributed by atoms with Crippen LogP contribution in [0.5, 0.6) is 0 Å². The Morgan fingerprint density at radius 1 is 1.04 bits per heavy atom. The van der Waals surface area contributed by atoms with Crippen molar-refractivity contribution in [2.45, 2.75) is 50.5 Å². The fourth-order valence-corrected chi connectivity index (χ4v) is 5.94. The zero-order chi connectivity index (χ0) is 19.9. The van der Waals surface area contributed by atoms with E-state index in [9.17, 15) is 13.2 Å². The number of hydrogen-bond donors (Lipinski definition) is 2. The number of anilines is 1. The van der Waals surface area contributed by atoms with E-state index in [1.807, 2.05) is 13.0 Å². The zero-order valence-electron chi connectivity index (χ0n) is 16.2. The van der Waals surface area contributed by atoms with Crippen molar-refractivity contribution in [3.63, 3.8) is 0 Å². The molecule has 6 heteroatoms. The summed E-state index contributed by atoms with van der Waals surface area (Å²) in [5.74, 6) is 1.12. The smallest absolute Gasteiger partial charge is 0.262 e. The molecule has 2 aromatic rings. The average molecular weight is 399 g/mol. The number of fused-ring (bicyclic) bond motifs is 2. The molecule has 0 spiro atoms. The summed E-state index contributed by atoms with van der Waals surface area (Å²) in [6, 6.07) is 12.3. The summed E-state index contributed by atoms with van der Waals surface area (Å²) < 4.78 is 28.4. The Balaban J connectivity index is 1.55. The summed E-state index contributed by atoms with van der Waals surface area (Å²) in [6.07, 6.45) is 4.71. The molecule has 2 aliphatic carbocycles. The first-order chi connectivity index (χ1) is 13.3. The third-order valence-corrected chi connectivity index (χ3v) is 7.59. The molecular formula is C22H26N2O3S. The number of aryl methyl sites for hydroxylation is 2. The molecule has 2 N–H and O–H groups in total. The quantitative estimate of drug-likeness (QED) is 0.799. The second-order valence-electron chi connectivity index (χ2n) is 8.21. The molecule has 28 heavy (non-hydrogen) atoms. The summed E-state index contributed by atoms with van der Waals surface area (Å²) in [4.78, 5) is 12.9. The normalized spacial score (nSPS) is 23.6. The van der Waals surface area contributed by atoms with Gasteiger partial charge in [0.2, 0.25) is 0 Å². The van der Waals surface area contributed by atoms with Crippen LogP contribution in [0, 0.1) is 25.7 Å². The Morgan fingerprint density at radius 3 is 2.54 bits per heavy atom. The van der Waals surface area contributed by atoms with E-state index < -0.39 is 10.0 Å². The number of sulfonamides is 1. The number of rotatable bonds is 5. The second kappa shape index (κ2) is 7.24. The highest BCUT2D eigenvalue weighted by Crippen LogP contribution is 2.44. The Kier molecular flexibility index (Phi) is 4.91. The van der Waals surface area contributed by atoms with Crippen LogP contribution >= 0.6 is 0 Å². The van der Waals surface area contributed by atoms with Gasteiger partial charge in [0, 0.05) is 17.3 Å². The summed E-state index contributed by atoms with van der Waals surface area (Å²) in [7, 11) is -3.78. The van der Waals surface area contributed by atoms with Gasteiger partial charge >= 0.3 is 0 Å². The van der Waals surface area contributed by atoms with Gasteiger partial charge in [0.25, 0.3) is 15.9 Å². The molecule has 2 aromatic carbocycles. The number of amides is 1. The van der Waals surface area contributed by atoms with Crippen molar-refractivity contribution in [2.75, 3.05) is 4.72 Å². The van der Waals surface area contributed by atoms with Gasteiger partial charge in [0.15, 0.2) is 0 Å². The third kappa shape index (κ3) is 3.78. The third-order valence-electron chi connectivity index (χ3n) is 6.06. The molecule has 2 fully saturated rings. The zero-order valence-corrected chi connectivity index (χ0v) is 17.1. The van der Waals surface area contributed by atoms with Crippen molar-refractivity contribution in [3.05, 3.63) is 59.2 Å². The molecule has 4 rings (SSSR count). The van der Waals surface area contributed by atoms with Crippen LogP contribution in [0.2, 0.25) is 0 Å². The van der Waals surface area contributed by atoms with Gasteiger partial charge in [-0.1, -0.05) is 24.6 Å². The van der Waals surface area contributed by atoms with E-state index in [1.54, 1.807) is 37.3 Å². The molecule has 5 nitrogen and oxygen atoms in total. The van der Waals surface area contributed by atoms with Crippen molar-refractivity contribution in [1.29, 1.82) is 0 Å². The Labute approximate surface area is 166 Å². The first-order valence-corrected chi connectivity index (χ1v) is 11.3. The van der Waals surface area contributed by atoms with Crippen LogP contribution in [0.15, 0.2) is 47.4 Å². The lowest BCUT2D eigenvalue weighted by Crippen LogP contribution is -2.38. The van der Waals surface area contributed by atoms with E-state index in [4.69, 9.17) is 0 Å². The van der Waals surface area contributed by atoms with Crippen LogP contribution in [0.4, 0.5) is 5.69 Å². The molecule has 0 aliphatic heterocycles. The fourth-order valence-electron chi connectivity index (χ4n) is 4.62. The maximum atomic E-state index is 12.9. The van der Waals surface area contributed by atoms with Gasteiger partial charge < -0.3 is 5.32 Å². The Bertz CT molecular complexity index is 1020. The van der Waals surface area contributed by atoms with Gasteiger partial charge in [-0.2, -0.15) is 0 Å². The first kappa shape index (κ1) is 19.0. The molecule has 0 saturated heterocycles. The Morgan fingerprint density at radius 2 is 1.86 bits per heavy atom. The van der Waals surface area contributed by atoms with E-state index in [0.717, 1.165) is 17.9 Å². The second-order valence-corrected chi connectivity index (χ2v) is 9.86. The van der Waals surface area contributed by atoms with Crippen molar-refractivity contribution >= 4 is 21.6 Å². The minimum atomic E-state index is -3.78. The molecule has 0 aromatic heterocycles. The average Bonchev–Trinajstić information content (AvgIpc) is 3.24. The van der Waals surface area contributed by atoms with Crippen LogP contribution in [0.1, 0.15) is 47.2 Å². The summed E-state index contributed by atoms with van der Waals surface area (Å²) in [6.45, 7) is 3.64. The monoisotopic (exact) mass is 398 g/mol. The number of carbonyl (C=O) groups is 1. The van der Waals surface area contributed by atoms with Crippen LogP contribution in [-0.2, 0) is 10.0 Å². The number of benzene rings is 2. The molecule has 2 bridgehead atoms. The lowest BCUT2D eigenvalue weighted by molar-refractivity contribution is 0.0922. The maximum absolute atomic E-state index is 12.9. The SMILES string of the molecule is Cc1cccc(NS(=O)(=O)c2cc(C(=O)N[C@H]3C[C@H]4CC[C@H]3C4)ccc2C)c1. The van der Waals surface area contributed by atoms with Gasteiger partial charge in [-0.05, 0) is 80.3 Å². The molecule has 2 aliphatic rings. The largest absolute Gasteiger partial charge is 0.349 e. The first-order valence-electron chi connectivity index (χ1n) is 9.83. The predicted molar refractivity (Wildman–Crippen MR) is 110 cm³/mol. The van der Waals surface area contributed by atoms with E-state index in [1.165, 1.54) is 25.3 Å². The molecule has 0 unspecified atom stereocenters. The fraction of sp³-hybridized carbons (Fsp3) is 0.409. The van der Waals surface area contributed by atoms with Crippen LogP contribution in [-0.4, -0.2) is 20.4 Å². The summed E-state index contributed by atoms with van der Waals surface area (Å²) >= 11 is 0. The van der Waals surface area contributed by atoms with Crippen molar-refractivity contribution < 1.29 is 13.2 Å². The molecule has 1 amide bonds. The summed E-state index contributed by atoms with van der Waals surface area (Å²) in [5, 5.41) is 3.13. The number of carbonyl (C=O) groups excluding carboxylic acids is 1. The van der Waals surface area contributed by atoms with Gasteiger partial charge in [0.1, 0.15) is 0 Å². The number of nitrogens with one attached hydrogen (secondary N) is 2. The van der Waals surface area contributed by atoms with Crippen molar-refractivity contribution in [3.8, 4) is 0 Å². The molecular weight excluding hydrogens is 372 g/mol. The van der Waals surface area contributed by atoms with Gasteiger partial charge in [-0.3, -0.25) is 9.52 Å². The van der Waals surface area contributed by atoms with E-state index in [0.29, 0.717) is 22.7 Å². The minimum absolute atomic E-state index is 0.134. The highest BCUT2D eigenvalue weighted by molar-refractivity contribution is 7.92. The van der Waals surface area contributed by atoms with E-state index in [2.05, 4.69) is 10.0 Å². The molecule has 0 heterocycles. The van der Waals surface area contributed by atoms with Crippen molar-refractivity contribution in [2.24, 2.45) is 11.8 Å². The molecule has 2 saturated carbocycles.